The van der Waals surface area contributed by atoms with Crippen LogP contribution in [0.5, 0.6) is 0 Å². The highest BCUT2D eigenvalue weighted by Crippen LogP contribution is 2.30. The molecule has 2 N–H and O–H groups in total. The summed E-state index contributed by atoms with van der Waals surface area (Å²) in [6, 6.07) is 4.34. The van der Waals surface area contributed by atoms with E-state index in [2.05, 4.69) is 29.6 Å². The van der Waals surface area contributed by atoms with Crippen molar-refractivity contribution in [3.63, 3.8) is 0 Å². The highest BCUT2D eigenvalue weighted by molar-refractivity contribution is 5.91. The van der Waals surface area contributed by atoms with Gasteiger partial charge in [0.2, 0.25) is 0 Å². The Hall–Kier alpha value is -2.42. The lowest BCUT2D eigenvalue weighted by atomic mass is 10.0. The Labute approximate surface area is 176 Å². The second kappa shape index (κ2) is 9.59. The van der Waals surface area contributed by atoms with E-state index in [0.29, 0.717) is 25.7 Å². The normalized spacial score (nSPS) is 15.2. The second-order valence-electron chi connectivity index (χ2n) is 7.68. The minimum absolute atomic E-state index is 0.397. The van der Waals surface area contributed by atoms with Gasteiger partial charge < -0.3 is 24.5 Å². The van der Waals surface area contributed by atoms with Crippen LogP contribution in [0, 0.1) is 6.92 Å². The van der Waals surface area contributed by atoms with E-state index >= 15 is 0 Å². The zero-order valence-electron chi connectivity index (χ0n) is 18.0. The lowest BCUT2D eigenvalue weighted by Gasteiger charge is -2.26. The number of furan rings is 1. The predicted octanol–water partition coefficient (Wildman–Crippen LogP) is 3.38. The van der Waals surface area contributed by atoms with Crippen LogP contribution >= 0.6 is 0 Å². The number of aryl methyl sites for hydroxylation is 2. The molecule has 4 heterocycles. The molecular formula is C22H31N5O3. The van der Waals surface area contributed by atoms with Gasteiger partial charge in [0.1, 0.15) is 18.1 Å². The molecule has 0 unspecified atom stereocenters. The summed E-state index contributed by atoms with van der Waals surface area (Å²) in [7, 11) is 1.67. The molecule has 8 heteroatoms. The van der Waals surface area contributed by atoms with Crippen LogP contribution in [0.2, 0.25) is 0 Å². The fraction of sp³-hybridized carbons (Fsp3) is 0.545. The first kappa shape index (κ1) is 20.8. The van der Waals surface area contributed by atoms with Gasteiger partial charge >= 0.3 is 0 Å². The van der Waals surface area contributed by atoms with Crippen LogP contribution in [0.4, 0.5) is 5.69 Å². The molecule has 0 spiro atoms. The molecule has 0 amide bonds. The number of hydrogen-bond acceptors (Lipinski definition) is 7. The van der Waals surface area contributed by atoms with Gasteiger partial charge in [-0.1, -0.05) is 0 Å². The summed E-state index contributed by atoms with van der Waals surface area (Å²) in [5.74, 6) is 1.73. The Kier molecular flexibility index (Phi) is 6.66. The Morgan fingerprint density at radius 2 is 2.00 bits per heavy atom. The molecule has 3 aromatic heterocycles. The third-order valence-corrected chi connectivity index (χ3v) is 5.57. The van der Waals surface area contributed by atoms with Gasteiger partial charge in [-0.15, -0.1) is 0 Å². The van der Waals surface area contributed by atoms with Crippen molar-refractivity contribution < 1.29 is 13.9 Å². The minimum Gasteiger partial charge on any atom is -0.462 e. The van der Waals surface area contributed by atoms with Crippen molar-refractivity contribution in [2.75, 3.05) is 25.6 Å². The molecule has 3 aromatic rings. The van der Waals surface area contributed by atoms with Crippen molar-refractivity contribution in [2.24, 2.45) is 0 Å². The van der Waals surface area contributed by atoms with Crippen molar-refractivity contribution >= 4 is 16.7 Å². The maximum Gasteiger partial charge on any atom is 0.160 e. The quantitative estimate of drug-likeness (QED) is 0.556. The molecule has 1 aliphatic heterocycles. The minimum atomic E-state index is 0.397. The molecule has 8 nitrogen and oxygen atoms in total. The standard InChI is InChI=1S/C22H31N5O3/c1-4-27-22-20(13-24-27)21(26-16-7-9-29-10-8-16)19(15(2)25-22)12-23-11-17-5-6-18(30-17)14-28-3/h5-6,13,16,23H,4,7-12,14H2,1-3H3,(H,25,26). The highest BCUT2D eigenvalue weighted by atomic mass is 16.5. The van der Waals surface area contributed by atoms with Crippen molar-refractivity contribution in [3.8, 4) is 0 Å². The zero-order valence-corrected chi connectivity index (χ0v) is 18.0. The summed E-state index contributed by atoms with van der Waals surface area (Å²) in [6.07, 6.45) is 3.94. The number of aromatic nitrogens is 3. The summed E-state index contributed by atoms with van der Waals surface area (Å²) in [4.78, 5) is 4.87. The smallest absolute Gasteiger partial charge is 0.160 e. The number of anilines is 1. The number of hydrogen-bond donors (Lipinski definition) is 2. The number of rotatable bonds is 9. The molecule has 0 radical (unpaired) electrons. The largest absolute Gasteiger partial charge is 0.462 e. The van der Waals surface area contributed by atoms with E-state index in [0.717, 1.165) is 66.5 Å². The van der Waals surface area contributed by atoms with Gasteiger partial charge in [0.05, 0.1) is 23.8 Å². The van der Waals surface area contributed by atoms with Crippen molar-refractivity contribution in [3.05, 3.63) is 41.1 Å². The van der Waals surface area contributed by atoms with Crippen molar-refractivity contribution in [1.82, 2.24) is 20.1 Å². The van der Waals surface area contributed by atoms with Crippen LogP contribution in [0.15, 0.2) is 22.7 Å². The van der Waals surface area contributed by atoms with E-state index in [4.69, 9.17) is 18.9 Å². The molecular weight excluding hydrogens is 382 g/mol. The molecule has 0 aliphatic carbocycles. The Morgan fingerprint density at radius 3 is 2.77 bits per heavy atom. The monoisotopic (exact) mass is 413 g/mol. The van der Waals surface area contributed by atoms with Gasteiger partial charge in [-0.05, 0) is 38.8 Å². The van der Waals surface area contributed by atoms with Crippen LogP contribution in [0.25, 0.3) is 11.0 Å². The average molecular weight is 414 g/mol. The maximum absolute atomic E-state index is 5.79. The molecule has 0 atom stereocenters. The van der Waals surface area contributed by atoms with Crippen LogP contribution in [-0.4, -0.2) is 41.1 Å². The molecule has 1 aliphatic rings. The maximum atomic E-state index is 5.79. The molecule has 1 saturated heterocycles. The third kappa shape index (κ3) is 4.50. The molecule has 1 fully saturated rings. The van der Waals surface area contributed by atoms with Gasteiger partial charge in [-0.3, -0.25) is 0 Å². The average Bonchev–Trinajstić information content (AvgIpc) is 3.37. The zero-order chi connectivity index (χ0) is 20.9. The summed E-state index contributed by atoms with van der Waals surface area (Å²) in [5.41, 5.74) is 4.26. The number of nitrogens with one attached hydrogen (secondary N) is 2. The van der Waals surface area contributed by atoms with E-state index < -0.39 is 0 Å². The number of fused-ring (bicyclic) bond motifs is 1. The number of nitrogens with zero attached hydrogens (tertiary/aromatic N) is 3. The second-order valence-corrected chi connectivity index (χ2v) is 7.68. The first-order valence-electron chi connectivity index (χ1n) is 10.7. The molecule has 162 valence electrons. The molecule has 0 bridgehead atoms. The molecule has 30 heavy (non-hydrogen) atoms. The van der Waals surface area contributed by atoms with E-state index in [1.54, 1.807) is 7.11 Å². The van der Waals surface area contributed by atoms with Crippen LogP contribution in [0.3, 0.4) is 0 Å². The SMILES string of the molecule is CCn1ncc2c(NC3CCOCC3)c(CNCc3ccc(COC)o3)c(C)nc21. The first-order chi connectivity index (χ1) is 14.7. The van der Waals surface area contributed by atoms with E-state index in [9.17, 15) is 0 Å². The number of ether oxygens (including phenoxy) is 2. The van der Waals surface area contributed by atoms with E-state index in [1.807, 2.05) is 23.0 Å². The Morgan fingerprint density at radius 1 is 1.20 bits per heavy atom. The van der Waals surface area contributed by atoms with E-state index in [-0.39, 0.29) is 0 Å². The lowest BCUT2D eigenvalue weighted by Crippen LogP contribution is -2.29. The highest BCUT2D eigenvalue weighted by Gasteiger charge is 2.20. The number of pyridine rings is 1. The summed E-state index contributed by atoms with van der Waals surface area (Å²) < 4.78 is 18.4. The van der Waals surface area contributed by atoms with Crippen molar-refractivity contribution in [2.45, 2.75) is 59.0 Å². The Balaban J connectivity index is 1.56. The Bertz CT molecular complexity index is 975. The predicted molar refractivity (Wildman–Crippen MR) is 115 cm³/mol. The van der Waals surface area contributed by atoms with Gasteiger partial charge in [0, 0.05) is 50.7 Å². The number of methoxy groups -OCH3 is 1. The van der Waals surface area contributed by atoms with Gasteiger partial charge in [0.15, 0.2) is 5.65 Å². The molecule has 4 rings (SSSR count). The van der Waals surface area contributed by atoms with Gasteiger partial charge in [-0.2, -0.15) is 5.10 Å². The van der Waals surface area contributed by atoms with Crippen LogP contribution in [0.1, 0.15) is 42.5 Å². The first-order valence-corrected chi connectivity index (χ1v) is 10.7. The summed E-state index contributed by atoms with van der Waals surface area (Å²) >= 11 is 0. The molecule has 0 saturated carbocycles. The third-order valence-electron chi connectivity index (χ3n) is 5.57. The fourth-order valence-corrected chi connectivity index (χ4v) is 3.95. The van der Waals surface area contributed by atoms with Crippen molar-refractivity contribution in [1.29, 1.82) is 0 Å². The topological polar surface area (TPSA) is 86.4 Å². The molecule has 0 aromatic carbocycles. The van der Waals surface area contributed by atoms with Gasteiger partial charge in [-0.25, -0.2) is 9.67 Å². The van der Waals surface area contributed by atoms with E-state index in [1.165, 1.54) is 5.56 Å². The summed E-state index contributed by atoms with van der Waals surface area (Å²) in [5, 5.41) is 12.9. The van der Waals surface area contributed by atoms with Gasteiger partial charge in [0.25, 0.3) is 0 Å². The fourth-order valence-electron chi connectivity index (χ4n) is 3.95. The van der Waals surface area contributed by atoms with Crippen LogP contribution in [-0.2, 0) is 35.7 Å². The lowest BCUT2D eigenvalue weighted by molar-refractivity contribution is 0.0904. The van der Waals surface area contributed by atoms with Crippen LogP contribution < -0.4 is 10.6 Å². The summed E-state index contributed by atoms with van der Waals surface area (Å²) in [6.45, 7) is 8.38.